The van der Waals surface area contributed by atoms with Crippen LogP contribution in [0.4, 0.5) is 4.39 Å². The van der Waals surface area contributed by atoms with Crippen LogP contribution in [0.15, 0.2) is 47.6 Å². The predicted octanol–water partition coefficient (Wildman–Crippen LogP) is 1.94. The Hall–Kier alpha value is -2.96. The molecule has 0 aliphatic heterocycles. The van der Waals surface area contributed by atoms with Gasteiger partial charge < -0.3 is 15.5 Å². The monoisotopic (exact) mass is 385 g/mol. The van der Waals surface area contributed by atoms with E-state index in [9.17, 15) is 9.18 Å². The number of aromatic nitrogens is 1. The van der Waals surface area contributed by atoms with Crippen LogP contribution in [0, 0.1) is 12.7 Å². The van der Waals surface area contributed by atoms with Gasteiger partial charge in [-0.1, -0.05) is 12.1 Å². The van der Waals surface area contributed by atoms with Crippen LogP contribution < -0.4 is 10.6 Å². The third-order valence-electron chi connectivity index (χ3n) is 4.48. The highest BCUT2D eigenvalue weighted by Crippen LogP contribution is 2.10. The number of aliphatic imine (C=N–C) groups is 1. The van der Waals surface area contributed by atoms with E-state index in [-0.39, 0.29) is 18.3 Å². The Morgan fingerprint density at radius 3 is 2.71 bits per heavy atom. The number of amides is 1. The van der Waals surface area contributed by atoms with Crippen molar-refractivity contribution in [1.82, 2.24) is 20.5 Å². The maximum absolute atomic E-state index is 13.2. The Kier molecular flexibility index (Phi) is 8.39. The topological polar surface area (TPSA) is 69.6 Å². The molecule has 0 saturated carbocycles. The number of benzene rings is 1. The van der Waals surface area contributed by atoms with E-state index < -0.39 is 0 Å². The fourth-order valence-corrected chi connectivity index (χ4v) is 2.72. The number of hydrogen-bond donors (Lipinski definition) is 2. The SMILES string of the molecule is CN=C(NCCc1ccc(F)cc1C)NCC(=O)N(C)CCc1ccccn1. The number of pyridine rings is 1. The lowest BCUT2D eigenvalue weighted by Crippen LogP contribution is -2.44. The molecule has 0 saturated heterocycles. The number of carbonyl (C=O) groups excluding carboxylic acids is 1. The summed E-state index contributed by atoms with van der Waals surface area (Å²) < 4.78 is 13.2. The average molecular weight is 385 g/mol. The van der Waals surface area contributed by atoms with Gasteiger partial charge in [0.1, 0.15) is 5.82 Å². The quantitative estimate of drug-likeness (QED) is 0.538. The minimum absolute atomic E-state index is 0.0201. The summed E-state index contributed by atoms with van der Waals surface area (Å²) in [6.45, 7) is 3.29. The van der Waals surface area contributed by atoms with Crippen molar-refractivity contribution < 1.29 is 9.18 Å². The average Bonchev–Trinajstić information content (AvgIpc) is 2.70. The second-order valence-electron chi connectivity index (χ2n) is 6.56. The van der Waals surface area contributed by atoms with Crippen LogP contribution in [-0.2, 0) is 17.6 Å². The highest BCUT2D eigenvalue weighted by molar-refractivity contribution is 5.86. The van der Waals surface area contributed by atoms with Crippen molar-refractivity contribution in [1.29, 1.82) is 0 Å². The molecule has 2 rings (SSSR count). The third kappa shape index (κ3) is 6.98. The van der Waals surface area contributed by atoms with Gasteiger partial charge in [0, 0.05) is 45.5 Å². The van der Waals surface area contributed by atoms with Crippen molar-refractivity contribution >= 4 is 11.9 Å². The Morgan fingerprint density at radius 1 is 1.21 bits per heavy atom. The number of rotatable bonds is 8. The number of carbonyl (C=O) groups is 1. The minimum atomic E-state index is -0.225. The molecule has 0 radical (unpaired) electrons. The summed E-state index contributed by atoms with van der Waals surface area (Å²) in [6, 6.07) is 10.6. The normalized spacial score (nSPS) is 11.2. The second-order valence-corrected chi connectivity index (χ2v) is 6.56. The molecule has 0 unspecified atom stereocenters. The summed E-state index contributed by atoms with van der Waals surface area (Å²) >= 11 is 0. The molecule has 0 fully saturated rings. The van der Waals surface area contributed by atoms with Crippen LogP contribution in [0.5, 0.6) is 0 Å². The Bertz CT molecular complexity index is 795. The van der Waals surface area contributed by atoms with Gasteiger partial charge in [-0.15, -0.1) is 0 Å². The molecule has 1 aromatic carbocycles. The third-order valence-corrected chi connectivity index (χ3v) is 4.48. The Morgan fingerprint density at radius 2 is 2.04 bits per heavy atom. The van der Waals surface area contributed by atoms with Crippen LogP contribution in [0.2, 0.25) is 0 Å². The second kappa shape index (κ2) is 11.0. The number of halogens is 1. The first-order valence-corrected chi connectivity index (χ1v) is 9.33. The molecule has 1 amide bonds. The molecule has 1 heterocycles. The predicted molar refractivity (Wildman–Crippen MR) is 110 cm³/mol. The van der Waals surface area contributed by atoms with Gasteiger partial charge in [-0.3, -0.25) is 14.8 Å². The van der Waals surface area contributed by atoms with E-state index in [1.807, 2.05) is 25.1 Å². The molecule has 7 heteroatoms. The smallest absolute Gasteiger partial charge is 0.241 e. The van der Waals surface area contributed by atoms with Crippen LogP contribution in [-0.4, -0.2) is 55.5 Å². The highest BCUT2D eigenvalue weighted by atomic mass is 19.1. The standard InChI is InChI=1S/C21H28FN5O/c1-16-14-18(22)8-7-17(16)9-12-25-21(23-2)26-15-20(28)27(3)13-10-19-6-4-5-11-24-19/h4-8,11,14H,9-10,12-13,15H2,1-3H3,(H2,23,25,26). The van der Waals surface area contributed by atoms with Crippen LogP contribution >= 0.6 is 0 Å². The molecule has 0 aliphatic rings. The van der Waals surface area contributed by atoms with Gasteiger partial charge in [0.2, 0.25) is 5.91 Å². The molecule has 28 heavy (non-hydrogen) atoms. The van der Waals surface area contributed by atoms with E-state index in [0.29, 0.717) is 25.5 Å². The lowest BCUT2D eigenvalue weighted by atomic mass is 10.1. The summed E-state index contributed by atoms with van der Waals surface area (Å²) in [5, 5.41) is 6.21. The number of likely N-dealkylation sites (N-methyl/N-ethyl adjacent to an activating group) is 1. The van der Waals surface area contributed by atoms with Crippen LogP contribution in [0.3, 0.4) is 0 Å². The van der Waals surface area contributed by atoms with Gasteiger partial charge in [0.25, 0.3) is 0 Å². The van der Waals surface area contributed by atoms with E-state index in [2.05, 4.69) is 20.6 Å². The number of nitrogens with one attached hydrogen (secondary N) is 2. The number of hydrogen-bond acceptors (Lipinski definition) is 3. The highest BCUT2D eigenvalue weighted by Gasteiger charge is 2.10. The van der Waals surface area contributed by atoms with Crippen LogP contribution in [0.1, 0.15) is 16.8 Å². The van der Waals surface area contributed by atoms with Crippen LogP contribution in [0.25, 0.3) is 0 Å². The van der Waals surface area contributed by atoms with Gasteiger partial charge in [-0.25, -0.2) is 4.39 Å². The van der Waals surface area contributed by atoms with Crippen molar-refractivity contribution in [3.63, 3.8) is 0 Å². The van der Waals surface area contributed by atoms with E-state index >= 15 is 0 Å². The molecule has 2 aromatic rings. The lowest BCUT2D eigenvalue weighted by molar-refractivity contribution is -0.128. The van der Waals surface area contributed by atoms with Crippen molar-refractivity contribution in [2.75, 3.05) is 33.7 Å². The van der Waals surface area contributed by atoms with Crippen molar-refractivity contribution in [2.45, 2.75) is 19.8 Å². The summed E-state index contributed by atoms with van der Waals surface area (Å²) in [6.07, 6.45) is 3.21. The molecule has 2 N–H and O–H groups in total. The molecule has 0 spiro atoms. The Balaban J connectivity index is 1.71. The number of aryl methyl sites for hydroxylation is 1. The van der Waals surface area contributed by atoms with E-state index in [4.69, 9.17) is 0 Å². The van der Waals surface area contributed by atoms with E-state index in [0.717, 1.165) is 23.2 Å². The lowest BCUT2D eigenvalue weighted by Gasteiger charge is -2.18. The van der Waals surface area contributed by atoms with Gasteiger partial charge in [-0.2, -0.15) is 0 Å². The molecule has 150 valence electrons. The number of guanidine groups is 1. The van der Waals surface area contributed by atoms with Crippen molar-refractivity contribution in [3.05, 3.63) is 65.2 Å². The fourth-order valence-electron chi connectivity index (χ4n) is 2.72. The summed E-state index contributed by atoms with van der Waals surface area (Å²) in [7, 11) is 3.44. The summed E-state index contributed by atoms with van der Waals surface area (Å²) in [4.78, 5) is 22.4. The van der Waals surface area contributed by atoms with Gasteiger partial charge in [0.05, 0.1) is 6.54 Å². The molecule has 6 nitrogen and oxygen atoms in total. The maximum Gasteiger partial charge on any atom is 0.241 e. The first kappa shape index (κ1) is 21.3. The van der Waals surface area contributed by atoms with Crippen molar-refractivity contribution in [2.24, 2.45) is 4.99 Å². The molecule has 1 aromatic heterocycles. The maximum atomic E-state index is 13.2. The van der Waals surface area contributed by atoms with E-state index in [1.54, 1.807) is 31.3 Å². The number of nitrogens with zero attached hydrogens (tertiary/aromatic N) is 3. The molecule has 0 aliphatic carbocycles. The van der Waals surface area contributed by atoms with E-state index in [1.165, 1.54) is 12.1 Å². The zero-order valence-electron chi connectivity index (χ0n) is 16.7. The first-order valence-electron chi connectivity index (χ1n) is 9.33. The first-order chi connectivity index (χ1) is 13.5. The summed E-state index contributed by atoms with van der Waals surface area (Å²) in [5.41, 5.74) is 2.97. The summed E-state index contributed by atoms with van der Waals surface area (Å²) in [5.74, 6) is 0.317. The van der Waals surface area contributed by atoms with Crippen molar-refractivity contribution in [3.8, 4) is 0 Å². The molecular formula is C21H28FN5O. The zero-order valence-corrected chi connectivity index (χ0v) is 16.7. The van der Waals surface area contributed by atoms with Gasteiger partial charge in [-0.05, 0) is 48.7 Å². The fraction of sp³-hybridized carbons (Fsp3) is 0.381. The minimum Gasteiger partial charge on any atom is -0.356 e. The largest absolute Gasteiger partial charge is 0.356 e. The molecule has 0 atom stereocenters. The van der Waals surface area contributed by atoms with Gasteiger partial charge in [0.15, 0.2) is 5.96 Å². The molecule has 0 bridgehead atoms. The van der Waals surface area contributed by atoms with Gasteiger partial charge >= 0.3 is 0 Å². The zero-order chi connectivity index (χ0) is 20.4. The Labute approximate surface area is 165 Å². The molecular weight excluding hydrogens is 357 g/mol.